The minimum atomic E-state index is -1.10. The molecule has 1 fully saturated rings. The predicted octanol–water partition coefficient (Wildman–Crippen LogP) is 1.53. The van der Waals surface area contributed by atoms with Crippen LogP contribution in [0.25, 0.3) is 0 Å². The van der Waals surface area contributed by atoms with Crippen molar-refractivity contribution in [3.05, 3.63) is 65.7 Å². The van der Waals surface area contributed by atoms with Gasteiger partial charge in [0.2, 0.25) is 11.8 Å². The van der Waals surface area contributed by atoms with Gasteiger partial charge in [0.25, 0.3) is 0 Å². The molecule has 1 aliphatic rings. The molecule has 1 heterocycles. The van der Waals surface area contributed by atoms with Crippen LogP contribution in [0.3, 0.4) is 0 Å². The second-order valence-electron chi connectivity index (χ2n) is 7.20. The molecule has 0 aromatic heterocycles. The van der Waals surface area contributed by atoms with Crippen molar-refractivity contribution in [2.45, 2.75) is 25.3 Å². The van der Waals surface area contributed by atoms with Gasteiger partial charge in [0, 0.05) is 31.0 Å². The smallest absolute Gasteiger partial charge is 0.326 e. The van der Waals surface area contributed by atoms with Crippen LogP contribution in [0.1, 0.15) is 24.0 Å². The first-order valence-electron chi connectivity index (χ1n) is 9.68. The van der Waals surface area contributed by atoms with E-state index in [0.717, 1.165) is 16.8 Å². The van der Waals surface area contributed by atoms with E-state index in [1.54, 1.807) is 29.2 Å². The number of hydrazone groups is 1. The molecule has 4 N–H and O–H groups in total. The third-order valence-corrected chi connectivity index (χ3v) is 5.09. The summed E-state index contributed by atoms with van der Waals surface area (Å²) in [5.41, 5.74) is 2.38. The minimum absolute atomic E-state index is 0.0359. The van der Waals surface area contributed by atoms with Gasteiger partial charge in [-0.25, -0.2) is 4.79 Å². The summed E-state index contributed by atoms with van der Waals surface area (Å²) >= 11 is 0. The third kappa shape index (κ3) is 5.22. The first-order chi connectivity index (χ1) is 14.5. The van der Waals surface area contributed by atoms with Crippen LogP contribution in [0, 0.1) is 5.92 Å². The number of nitrogens with one attached hydrogen (secondary N) is 1. The number of aliphatic carboxylic acids is 1. The number of anilines is 1. The van der Waals surface area contributed by atoms with Crippen LogP contribution in [0.4, 0.5) is 5.69 Å². The molecule has 2 unspecified atom stereocenters. The Morgan fingerprint density at radius 2 is 1.90 bits per heavy atom. The van der Waals surface area contributed by atoms with Crippen LogP contribution < -0.4 is 16.1 Å². The molecule has 30 heavy (non-hydrogen) atoms. The summed E-state index contributed by atoms with van der Waals surface area (Å²) in [7, 11) is 0. The minimum Gasteiger partial charge on any atom is -0.480 e. The molecule has 1 saturated heterocycles. The molecule has 0 bridgehead atoms. The maximum atomic E-state index is 12.7. The first-order valence-corrected chi connectivity index (χ1v) is 9.68. The summed E-state index contributed by atoms with van der Waals surface area (Å²) in [6, 6.07) is 15.3. The molecule has 1 aliphatic heterocycles. The highest BCUT2D eigenvalue weighted by Crippen LogP contribution is 2.27. The number of nitrogens with two attached hydrogens (primary N) is 1. The molecule has 0 saturated carbocycles. The van der Waals surface area contributed by atoms with Gasteiger partial charge in [-0.2, -0.15) is 5.10 Å². The summed E-state index contributed by atoms with van der Waals surface area (Å²) in [5.74, 6) is 2.98. The zero-order valence-electron chi connectivity index (χ0n) is 16.4. The Bertz CT molecular complexity index is 928. The molecule has 3 rings (SSSR count). The van der Waals surface area contributed by atoms with E-state index in [-0.39, 0.29) is 18.7 Å². The van der Waals surface area contributed by atoms with Crippen LogP contribution in [0.2, 0.25) is 0 Å². The van der Waals surface area contributed by atoms with E-state index in [9.17, 15) is 19.5 Å². The number of benzene rings is 2. The number of hydrogen-bond acceptors (Lipinski definition) is 5. The lowest BCUT2D eigenvalue weighted by atomic mass is 10.0. The number of amides is 2. The molecule has 2 aromatic rings. The van der Waals surface area contributed by atoms with E-state index < -0.39 is 23.8 Å². The third-order valence-electron chi connectivity index (χ3n) is 5.09. The summed E-state index contributed by atoms with van der Waals surface area (Å²) in [6.07, 6.45) is 2.20. The lowest BCUT2D eigenvalue weighted by Gasteiger charge is -2.18. The van der Waals surface area contributed by atoms with E-state index in [4.69, 9.17) is 5.84 Å². The largest absolute Gasteiger partial charge is 0.480 e. The molecular formula is C22H24N4O4. The van der Waals surface area contributed by atoms with Gasteiger partial charge in [-0.1, -0.05) is 42.5 Å². The molecule has 0 radical (unpaired) electrons. The second kappa shape index (κ2) is 9.69. The van der Waals surface area contributed by atoms with Crippen LogP contribution in [-0.2, 0) is 20.8 Å². The number of carboxylic acids is 1. The van der Waals surface area contributed by atoms with Crippen molar-refractivity contribution in [2.24, 2.45) is 16.9 Å². The maximum absolute atomic E-state index is 12.7. The van der Waals surface area contributed by atoms with Crippen molar-refractivity contribution >= 4 is 29.7 Å². The fraction of sp³-hybridized carbons (Fsp3) is 0.273. The highest BCUT2D eigenvalue weighted by molar-refractivity contribution is 5.99. The highest BCUT2D eigenvalue weighted by Gasteiger charge is 2.34. The van der Waals surface area contributed by atoms with Crippen LogP contribution in [0.5, 0.6) is 0 Å². The van der Waals surface area contributed by atoms with Crippen molar-refractivity contribution in [1.29, 1.82) is 0 Å². The molecule has 2 amide bonds. The van der Waals surface area contributed by atoms with E-state index in [0.29, 0.717) is 13.0 Å². The van der Waals surface area contributed by atoms with E-state index in [2.05, 4.69) is 10.4 Å². The average molecular weight is 408 g/mol. The van der Waals surface area contributed by atoms with Crippen molar-refractivity contribution in [3.8, 4) is 0 Å². The number of carbonyl (C=O) groups is 3. The molecule has 2 atom stereocenters. The summed E-state index contributed by atoms with van der Waals surface area (Å²) in [4.78, 5) is 38.4. The Morgan fingerprint density at radius 1 is 1.20 bits per heavy atom. The van der Waals surface area contributed by atoms with Crippen LogP contribution in [-0.4, -0.2) is 41.7 Å². The van der Waals surface area contributed by atoms with Gasteiger partial charge in [0.05, 0.1) is 6.21 Å². The predicted molar refractivity (Wildman–Crippen MR) is 113 cm³/mol. The Hall–Kier alpha value is -3.68. The Labute approximate surface area is 174 Å². The van der Waals surface area contributed by atoms with Gasteiger partial charge in [0.1, 0.15) is 6.04 Å². The average Bonchev–Trinajstić information content (AvgIpc) is 3.09. The lowest BCUT2D eigenvalue weighted by molar-refractivity contribution is -0.142. The summed E-state index contributed by atoms with van der Waals surface area (Å²) in [5, 5.41) is 15.5. The molecule has 2 aromatic carbocycles. The van der Waals surface area contributed by atoms with Crippen molar-refractivity contribution in [2.75, 3.05) is 11.4 Å². The van der Waals surface area contributed by atoms with E-state index >= 15 is 0 Å². The lowest BCUT2D eigenvalue weighted by Crippen LogP contribution is -2.43. The zero-order valence-corrected chi connectivity index (χ0v) is 16.4. The molecule has 8 heteroatoms. The molecular weight excluding hydrogens is 384 g/mol. The van der Waals surface area contributed by atoms with Crippen molar-refractivity contribution in [3.63, 3.8) is 0 Å². The number of carbonyl (C=O) groups excluding carboxylic acids is 2. The normalized spacial score (nSPS) is 17.3. The first kappa shape index (κ1) is 21.0. The number of carboxylic acid groups (broad SMARTS) is 1. The monoisotopic (exact) mass is 408 g/mol. The topological polar surface area (TPSA) is 125 Å². The SMILES string of the molecule is NN=Cc1ccc(N2CCC(CC(=O)NC(Cc3ccccc3)C(=O)O)C2=O)cc1. The van der Waals surface area contributed by atoms with Gasteiger partial charge < -0.3 is 21.2 Å². The van der Waals surface area contributed by atoms with E-state index in [1.165, 1.54) is 6.21 Å². The Balaban J connectivity index is 1.58. The Kier molecular flexibility index (Phi) is 6.79. The number of nitrogens with zero attached hydrogens (tertiary/aromatic N) is 2. The van der Waals surface area contributed by atoms with E-state index in [1.807, 2.05) is 30.3 Å². The summed E-state index contributed by atoms with van der Waals surface area (Å²) < 4.78 is 0. The zero-order chi connectivity index (χ0) is 21.5. The maximum Gasteiger partial charge on any atom is 0.326 e. The van der Waals surface area contributed by atoms with Crippen LogP contribution >= 0.6 is 0 Å². The van der Waals surface area contributed by atoms with Gasteiger partial charge in [-0.15, -0.1) is 0 Å². The van der Waals surface area contributed by atoms with Crippen molar-refractivity contribution < 1.29 is 19.5 Å². The fourth-order valence-corrected chi connectivity index (χ4v) is 3.54. The number of hydrogen-bond donors (Lipinski definition) is 3. The van der Waals surface area contributed by atoms with Gasteiger partial charge in [-0.05, 0) is 29.7 Å². The number of rotatable bonds is 8. The van der Waals surface area contributed by atoms with Crippen molar-refractivity contribution in [1.82, 2.24) is 5.32 Å². The fourth-order valence-electron chi connectivity index (χ4n) is 3.54. The van der Waals surface area contributed by atoms with Gasteiger partial charge in [0.15, 0.2) is 0 Å². The van der Waals surface area contributed by atoms with Gasteiger partial charge in [-0.3, -0.25) is 9.59 Å². The van der Waals surface area contributed by atoms with Gasteiger partial charge >= 0.3 is 5.97 Å². The summed E-state index contributed by atoms with van der Waals surface area (Å²) in [6.45, 7) is 0.507. The molecule has 0 spiro atoms. The second-order valence-corrected chi connectivity index (χ2v) is 7.20. The van der Waals surface area contributed by atoms with Crippen LogP contribution in [0.15, 0.2) is 59.7 Å². The molecule has 8 nitrogen and oxygen atoms in total. The quantitative estimate of drug-likeness (QED) is 0.347. The molecule has 0 aliphatic carbocycles. The highest BCUT2D eigenvalue weighted by atomic mass is 16.4. The molecule has 156 valence electrons. The Morgan fingerprint density at radius 3 is 2.53 bits per heavy atom. The standard InChI is InChI=1S/C22H24N4O4/c23-24-14-16-6-8-18(9-7-16)26-11-10-17(21(26)28)13-20(27)25-19(22(29)30)12-15-4-2-1-3-5-15/h1-9,14,17,19H,10-13,23H2,(H,25,27)(H,29,30).